The number of hydrogen-bond acceptors (Lipinski definition) is 1. The monoisotopic (exact) mass is 194 g/mol. The van der Waals surface area contributed by atoms with Gasteiger partial charge in [-0.1, -0.05) is 40.5 Å². The maximum Gasteiger partial charge on any atom is 0.144 e. The number of carbonyl (C=O) groups is 1. The van der Waals surface area contributed by atoms with E-state index in [2.05, 4.69) is 27.7 Å². The molecule has 0 unspecified atom stereocenters. The molecule has 2 atom stereocenters. The van der Waals surface area contributed by atoms with Gasteiger partial charge in [-0.05, 0) is 24.7 Å². The maximum absolute atomic E-state index is 12.3. The molecule has 14 heavy (non-hydrogen) atoms. The lowest BCUT2D eigenvalue weighted by Gasteiger charge is -2.35. The normalized spacial score (nSPS) is 39.6. The first-order valence-electron chi connectivity index (χ1n) is 5.93. The molecule has 0 heterocycles. The summed E-state index contributed by atoms with van der Waals surface area (Å²) in [5.74, 6) is 1.81. The molecule has 0 aromatic heterocycles. The fourth-order valence-electron chi connectivity index (χ4n) is 4.03. The Kier molecular flexibility index (Phi) is 2.06. The quantitative estimate of drug-likeness (QED) is 0.577. The molecule has 0 aliphatic heterocycles. The number of rotatable bonds is 0. The summed E-state index contributed by atoms with van der Waals surface area (Å²) in [7, 11) is 0. The summed E-state index contributed by atoms with van der Waals surface area (Å²) in [6, 6.07) is 0. The van der Waals surface area contributed by atoms with E-state index in [0.717, 1.165) is 0 Å². The highest BCUT2D eigenvalue weighted by atomic mass is 16.1. The van der Waals surface area contributed by atoms with Crippen molar-refractivity contribution < 1.29 is 4.79 Å². The zero-order chi connectivity index (χ0) is 10.6. The van der Waals surface area contributed by atoms with Gasteiger partial charge in [-0.3, -0.25) is 4.79 Å². The van der Waals surface area contributed by atoms with E-state index in [1.807, 2.05) is 0 Å². The minimum absolute atomic E-state index is 0.0609. The molecule has 0 saturated heterocycles. The van der Waals surface area contributed by atoms with E-state index in [0.29, 0.717) is 17.6 Å². The van der Waals surface area contributed by atoms with Crippen LogP contribution in [0.1, 0.15) is 53.4 Å². The van der Waals surface area contributed by atoms with Gasteiger partial charge in [-0.15, -0.1) is 0 Å². The highest BCUT2D eigenvalue weighted by molar-refractivity contribution is 5.92. The summed E-state index contributed by atoms with van der Waals surface area (Å²) in [5.41, 5.74) is -0.122. The Morgan fingerprint density at radius 1 is 0.929 bits per heavy atom. The first kappa shape index (κ1) is 10.2. The van der Waals surface area contributed by atoms with Crippen LogP contribution in [0.5, 0.6) is 0 Å². The second-order valence-electron chi connectivity index (χ2n) is 6.27. The Morgan fingerprint density at radius 3 is 1.64 bits per heavy atom. The van der Waals surface area contributed by atoms with Crippen LogP contribution in [0.25, 0.3) is 0 Å². The van der Waals surface area contributed by atoms with Crippen LogP contribution in [0.4, 0.5) is 0 Å². The average Bonchev–Trinajstić information content (AvgIpc) is 2.28. The molecule has 2 aliphatic carbocycles. The van der Waals surface area contributed by atoms with Crippen LogP contribution < -0.4 is 0 Å². The van der Waals surface area contributed by atoms with Gasteiger partial charge in [0.25, 0.3) is 0 Å². The predicted octanol–water partition coefficient (Wildman–Crippen LogP) is 3.43. The van der Waals surface area contributed by atoms with Gasteiger partial charge in [-0.25, -0.2) is 0 Å². The van der Waals surface area contributed by atoms with Crippen LogP contribution in [0.3, 0.4) is 0 Å². The Bertz CT molecular complexity index is 236. The predicted molar refractivity (Wildman–Crippen MR) is 58.0 cm³/mol. The number of carbonyl (C=O) groups excluding carboxylic acids is 1. The summed E-state index contributed by atoms with van der Waals surface area (Å²) in [6.45, 7) is 8.64. The van der Waals surface area contributed by atoms with Crippen molar-refractivity contribution in [3.63, 3.8) is 0 Å². The lowest BCUT2D eigenvalue weighted by atomic mass is 9.69. The molecule has 0 bridgehead atoms. The molecule has 0 radical (unpaired) electrons. The summed E-state index contributed by atoms with van der Waals surface area (Å²) < 4.78 is 0. The van der Waals surface area contributed by atoms with Gasteiger partial charge in [0.1, 0.15) is 5.78 Å². The molecule has 0 N–H and O–H groups in total. The van der Waals surface area contributed by atoms with Gasteiger partial charge in [0, 0.05) is 10.8 Å². The molecule has 0 aromatic carbocycles. The second kappa shape index (κ2) is 2.84. The standard InChI is InChI=1S/C13H22O/c1-12(2)9-7-5-6-8-10(9)13(3,4)11(12)14/h9-10H,5-8H2,1-4H3/t9-,10-/m1/s1. The molecular formula is C13H22O. The summed E-state index contributed by atoms with van der Waals surface area (Å²) >= 11 is 0. The molecule has 2 rings (SSSR count). The van der Waals surface area contributed by atoms with Gasteiger partial charge < -0.3 is 0 Å². The van der Waals surface area contributed by atoms with Crippen LogP contribution in [0.2, 0.25) is 0 Å². The largest absolute Gasteiger partial charge is 0.298 e. The Hall–Kier alpha value is -0.330. The van der Waals surface area contributed by atoms with E-state index in [9.17, 15) is 4.79 Å². The zero-order valence-electron chi connectivity index (χ0n) is 9.89. The minimum atomic E-state index is -0.0609. The Balaban J connectivity index is 2.39. The van der Waals surface area contributed by atoms with E-state index < -0.39 is 0 Å². The van der Waals surface area contributed by atoms with Crippen molar-refractivity contribution in [3.8, 4) is 0 Å². The van der Waals surface area contributed by atoms with Crippen molar-refractivity contribution in [1.29, 1.82) is 0 Å². The third-order valence-corrected chi connectivity index (χ3v) is 4.79. The third-order valence-electron chi connectivity index (χ3n) is 4.79. The van der Waals surface area contributed by atoms with E-state index in [-0.39, 0.29) is 10.8 Å². The smallest absolute Gasteiger partial charge is 0.144 e. The molecule has 2 saturated carbocycles. The van der Waals surface area contributed by atoms with Crippen molar-refractivity contribution in [2.24, 2.45) is 22.7 Å². The van der Waals surface area contributed by atoms with Crippen LogP contribution in [-0.2, 0) is 4.79 Å². The Morgan fingerprint density at radius 2 is 1.29 bits per heavy atom. The van der Waals surface area contributed by atoms with Crippen LogP contribution in [0, 0.1) is 22.7 Å². The SMILES string of the molecule is CC1(C)C(=O)C(C)(C)[C@@H]2CCCC[C@H]21. The number of ketones is 1. The number of hydrogen-bond donors (Lipinski definition) is 0. The van der Waals surface area contributed by atoms with E-state index >= 15 is 0 Å². The van der Waals surface area contributed by atoms with Crippen LogP contribution >= 0.6 is 0 Å². The fourth-order valence-corrected chi connectivity index (χ4v) is 4.03. The van der Waals surface area contributed by atoms with Gasteiger partial charge in [0.05, 0.1) is 0 Å². The second-order valence-corrected chi connectivity index (χ2v) is 6.27. The topological polar surface area (TPSA) is 17.1 Å². The minimum Gasteiger partial charge on any atom is -0.298 e. The van der Waals surface area contributed by atoms with Crippen molar-refractivity contribution >= 4 is 5.78 Å². The van der Waals surface area contributed by atoms with Crippen molar-refractivity contribution in [1.82, 2.24) is 0 Å². The maximum atomic E-state index is 12.3. The van der Waals surface area contributed by atoms with Crippen LogP contribution in [-0.4, -0.2) is 5.78 Å². The molecule has 0 spiro atoms. The molecule has 1 heteroatoms. The molecule has 0 amide bonds. The molecule has 0 aromatic rings. The average molecular weight is 194 g/mol. The molecule has 2 fully saturated rings. The molecule has 80 valence electrons. The van der Waals surface area contributed by atoms with E-state index in [1.165, 1.54) is 25.7 Å². The number of Topliss-reactive ketones (excluding diaryl/α,β-unsaturated/α-hetero) is 1. The van der Waals surface area contributed by atoms with Gasteiger partial charge in [-0.2, -0.15) is 0 Å². The first-order chi connectivity index (χ1) is 6.38. The van der Waals surface area contributed by atoms with E-state index in [4.69, 9.17) is 0 Å². The van der Waals surface area contributed by atoms with E-state index in [1.54, 1.807) is 0 Å². The lowest BCUT2D eigenvalue weighted by Crippen LogP contribution is -2.29. The van der Waals surface area contributed by atoms with Gasteiger partial charge in [0.15, 0.2) is 0 Å². The molecular weight excluding hydrogens is 172 g/mol. The number of fused-ring (bicyclic) bond motifs is 1. The lowest BCUT2D eigenvalue weighted by molar-refractivity contribution is -0.132. The zero-order valence-corrected chi connectivity index (χ0v) is 9.89. The third kappa shape index (κ3) is 1.11. The fraction of sp³-hybridized carbons (Fsp3) is 0.923. The summed E-state index contributed by atoms with van der Waals surface area (Å²) in [5, 5.41) is 0. The van der Waals surface area contributed by atoms with Crippen molar-refractivity contribution in [2.45, 2.75) is 53.4 Å². The van der Waals surface area contributed by atoms with Crippen molar-refractivity contribution in [3.05, 3.63) is 0 Å². The van der Waals surface area contributed by atoms with Crippen LogP contribution in [0.15, 0.2) is 0 Å². The highest BCUT2D eigenvalue weighted by Crippen LogP contribution is 2.58. The van der Waals surface area contributed by atoms with Gasteiger partial charge >= 0.3 is 0 Å². The van der Waals surface area contributed by atoms with Gasteiger partial charge in [0.2, 0.25) is 0 Å². The Labute approximate surface area is 87.3 Å². The molecule has 1 nitrogen and oxygen atoms in total. The highest BCUT2D eigenvalue weighted by Gasteiger charge is 2.58. The van der Waals surface area contributed by atoms with Crippen molar-refractivity contribution in [2.75, 3.05) is 0 Å². The summed E-state index contributed by atoms with van der Waals surface area (Å²) in [6.07, 6.45) is 5.20. The summed E-state index contributed by atoms with van der Waals surface area (Å²) in [4.78, 5) is 12.3. The molecule has 2 aliphatic rings. The first-order valence-corrected chi connectivity index (χ1v) is 5.93.